The van der Waals surface area contributed by atoms with Crippen LogP contribution in [0.3, 0.4) is 0 Å². The van der Waals surface area contributed by atoms with Crippen LogP contribution in [0.4, 0.5) is 5.13 Å². The summed E-state index contributed by atoms with van der Waals surface area (Å²) in [5.74, 6) is -0.113. The molecule has 0 atom stereocenters. The summed E-state index contributed by atoms with van der Waals surface area (Å²) in [6, 6.07) is 0. The number of piperazine rings is 1. The minimum atomic E-state index is -0.113. The Morgan fingerprint density at radius 1 is 1.44 bits per heavy atom. The Morgan fingerprint density at radius 3 is 2.62 bits per heavy atom. The van der Waals surface area contributed by atoms with Gasteiger partial charge in [0.1, 0.15) is 5.69 Å². The van der Waals surface area contributed by atoms with Crippen molar-refractivity contribution in [3.63, 3.8) is 0 Å². The van der Waals surface area contributed by atoms with Gasteiger partial charge in [0.05, 0.1) is 0 Å². The van der Waals surface area contributed by atoms with Crippen molar-refractivity contribution in [3.8, 4) is 0 Å². The van der Waals surface area contributed by atoms with Gasteiger partial charge in [0.15, 0.2) is 5.13 Å². The lowest BCUT2D eigenvalue weighted by atomic mass is 10.3. The SMILES string of the molecule is Nc1nc(C(=O)N2CCN(C=O)CC2)cs1. The summed E-state index contributed by atoms with van der Waals surface area (Å²) in [5.41, 5.74) is 5.86. The lowest BCUT2D eigenvalue weighted by molar-refractivity contribution is -0.119. The fraction of sp³-hybridized carbons (Fsp3) is 0.444. The average Bonchev–Trinajstić information content (AvgIpc) is 2.75. The number of carbonyl (C=O) groups excluding carboxylic acids is 2. The summed E-state index contributed by atoms with van der Waals surface area (Å²) in [6.45, 7) is 2.26. The lowest BCUT2D eigenvalue weighted by Crippen LogP contribution is -2.48. The molecule has 0 bridgehead atoms. The van der Waals surface area contributed by atoms with E-state index in [0.29, 0.717) is 37.0 Å². The van der Waals surface area contributed by atoms with Gasteiger partial charge in [-0.05, 0) is 0 Å². The van der Waals surface area contributed by atoms with Crippen molar-refractivity contribution < 1.29 is 9.59 Å². The number of aromatic nitrogens is 1. The number of hydrogen-bond donors (Lipinski definition) is 1. The molecule has 2 rings (SSSR count). The summed E-state index contributed by atoms with van der Waals surface area (Å²) in [4.78, 5) is 29.7. The third-order valence-electron chi connectivity index (χ3n) is 2.49. The van der Waals surface area contributed by atoms with Gasteiger partial charge in [-0.3, -0.25) is 9.59 Å². The zero-order valence-electron chi connectivity index (χ0n) is 8.63. The highest BCUT2D eigenvalue weighted by molar-refractivity contribution is 7.13. The molecule has 1 aromatic heterocycles. The van der Waals surface area contributed by atoms with Gasteiger partial charge in [-0.2, -0.15) is 0 Å². The van der Waals surface area contributed by atoms with Crippen molar-refractivity contribution in [2.45, 2.75) is 0 Å². The van der Waals surface area contributed by atoms with Crippen LogP contribution >= 0.6 is 11.3 Å². The van der Waals surface area contributed by atoms with Gasteiger partial charge in [-0.25, -0.2) is 4.98 Å². The fourth-order valence-electron chi connectivity index (χ4n) is 1.58. The number of hydrogen-bond acceptors (Lipinski definition) is 5. The molecule has 1 aliphatic heterocycles. The Balaban J connectivity index is 1.99. The van der Waals surface area contributed by atoms with E-state index in [1.54, 1.807) is 15.2 Å². The van der Waals surface area contributed by atoms with Crippen LogP contribution in [0.15, 0.2) is 5.38 Å². The molecule has 6 nitrogen and oxygen atoms in total. The van der Waals surface area contributed by atoms with Crippen LogP contribution in [0.2, 0.25) is 0 Å². The van der Waals surface area contributed by atoms with Gasteiger partial charge in [-0.15, -0.1) is 11.3 Å². The van der Waals surface area contributed by atoms with Crippen LogP contribution < -0.4 is 5.73 Å². The smallest absolute Gasteiger partial charge is 0.273 e. The van der Waals surface area contributed by atoms with Crippen molar-refractivity contribution in [2.24, 2.45) is 0 Å². The molecule has 0 aliphatic carbocycles. The molecule has 0 spiro atoms. The number of nitrogen functional groups attached to an aromatic ring is 1. The van der Waals surface area contributed by atoms with Crippen molar-refractivity contribution in [1.82, 2.24) is 14.8 Å². The maximum Gasteiger partial charge on any atom is 0.273 e. The highest BCUT2D eigenvalue weighted by atomic mass is 32.1. The van der Waals surface area contributed by atoms with E-state index in [1.807, 2.05) is 0 Å². The zero-order chi connectivity index (χ0) is 11.5. The van der Waals surface area contributed by atoms with E-state index >= 15 is 0 Å². The normalized spacial score (nSPS) is 16.2. The Hall–Kier alpha value is -1.63. The molecule has 0 radical (unpaired) electrons. The van der Waals surface area contributed by atoms with Crippen molar-refractivity contribution in [1.29, 1.82) is 0 Å². The predicted molar refractivity (Wildman–Crippen MR) is 60.1 cm³/mol. The van der Waals surface area contributed by atoms with E-state index in [0.717, 1.165) is 6.41 Å². The number of nitrogens with zero attached hydrogens (tertiary/aromatic N) is 3. The van der Waals surface area contributed by atoms with Crippen molar-refractivity contribution in [2.75, 3.05) is 31.9 Å². The van der Waals surface area contributed by atoms with Gasteiger partial charge in [0, 0.05) is 31.6 Å². The van der Waals surface area contributed by atoms with Crippen LogP contribution in [0, 0.1) is 0 Å². The van der Waals surface area contributed by atoms with Gasteiger partial charge in [-0.1, -0.05) is 0 Å². The first-order chi connectivity index (χ1) is 7.70. The minimum absolute atomic E-state index is 0.113. The Morgan fingerprint density at radius 2 is 2.12 bits per heavy atom. The molecule has 0 aromatic carbocycles. The maximum absolute atomic E-state index is 11.9. The second-order valence-electron chi connectivity index (χ2n) is 3.50. The van der Waals surface area contributed by atoms with Gasteiger partial charge < -0.3 is 15.5 Å². The maximum atomic E-state index is 11.9. The zero-order valence-corrected chi connectivity index (χ0v) is 9.44. The van der Waals surface area contributed by atoms with E-state index in [4.69, 9.17) is 5.73 Å². The first-order valence-corrected chi connectivity index (χ1v) is 5.78. The molecule has 16 heavy (non-hydrogen) atoms. The largest absolute Gasteiger partial charge is 0.375 e. The fourth-order valence-corrected chi connectivity index (χ4v) is 2.12. The molecule has 0 saturated carbocycles. The third kappa shape index (κ3) is 2.13. The minimum Gasteiger partial charge on any atom is -0.375 e. The van der Waals surface area contributed by atoms with E-state index in [-0.39, 0.29) is 5.91 Å². The van der Waals surface area contributed by atoms with Gasteiger partial charge in [0.2, 0.25) is 6.41 Å². The van der Waals surface area contributed by atoms with Crippen molar-refractivity contribution >= 4 is 28.8 Å². The topological polar surface area (TPSA) is 79.5 Å². The standard InChI is InChI=1S/C9H12N4O2S/c10-9-11-7(5-16-9)8(15)13-3-1-12(6-14)2-4-13/h5-6H,1-4H2,(H2,10,11). The number of amides is 2. The summed E-state index contributed by atoms with van der Waals surface area (Å²) in [5, 5.41) is 2.05. The Bertz CT molecular complexity index is 398. The number of thiazole rings is 1. The summed E-state index contributed by atoms with van der Waals surface area (Å²) in [7, 11) is 0. The van der Waals surface area contributed by atoms with Gasteiger partial charge in [0.25, 0.3) is 5.91 Å². The molecular formula is C9H12N4O2S. The number of nitrogens with two attached hydrogens (primary N) is 1. The van der Waals surface area contributed by atoms with E-state index < -0.39 is 0 Å². The molecule has 0 unspecified atom stereocenters. The highest BCUT2D eigenvalue weighted by Gasteiger charge is 2.22. The number of anilines is 1. The van der Waals surface area contributed by atoms with Crippen molar-refractivity contribution in [3.05, 3.63) is 11.1 Å². The van der Waals surface area contributed by atoms with Crippen LogP contribution in [0.5, 0.6) is 0 Å². The Kier molecular flexibility index (Phi) is 3.04. The van der Waals surface area contributed by atoms with Crippen LogP contribution in [-0.2, 0) is 4.79 Å². The van der Waals surface area contributed by atoms with Crippen LogP contribution in [0.25, 0.3) is 0 Å². The van der Waals surface area contributed by atoms with E-state index in [1.165, 1.54) is 11.3 Å². The number of carbonyl (C=O) groups is 2. The number of rotatable bonds is 2. The van der Waals surface area contributed by atoms with Crippen LogP contribution in [-0.4, -0.2) is 53.3 Å². The first-order valence-electron chi connectivity index (χ1n) is 4.90. The second-order valence-corrected chi connectivity index (χ2v) is 4.39. The van der Waals surface area contributed by atoms with Crippen LogP contribution in [0.1, 0.15) is 10.5 Å². The monoisotopic (exact) mass is 240 g/mol. The van der Waals surface area contributed by atoms with Gasteiger partial charge >= 0.3 is 0 Å². The van der Waals surface area contributed by atoms with E-state index in [9.17, 15) is 9.59 Å². The molecule has 86 valence electrons. The molecule has 1 aromatic rings. The molecule has 1 fully saturated rings. The molecule has 1 saturated heterocycles. The predicted octanol–water partition coefficient (Wildman–Crippen LogP) is -0.361. The molecule has 2 heterocycles. The molecule has 2 amide bonds. The summed E-state index contributed by atoms with van der Waals surface area (Å²) >= 11 is 1.25. The molecular weight excluding hydrogens is 228 g/mol. The second kappa shape index (κ2) is 4.48. The molecule has 7 heteroatoms. The average molecular weight is 240 g/mol. The summed E-state index contributed by atoms with van der Waals surface area (Å²) < 4.78 is 0. The Labute approximate surface area is 96.7 Å². The quantitative estimate of drug-likeness (QED) is 0.716. The molecule has 2 N–H and O–H groups in total. The lowest BCUT2D eigenvalue weighted by Gasteiger charge is -2.32. The summed E-state index contributed by atoms with van der Waals surface area (Å²) in [6.07, 6.45) is 0.808. The highest BCUT2D eigenvalue weighted by Crippen LogP contribution is 2.14. The first kappa shape index (κ1) is 10.9. The van der Waals surface area contributed by atoms with E-state index in [2.05, 4.69) is 4.98 Å². The molecule has 1 aliphatic rings. The third-order valence-corrected chi connectivity index (χ3v) is 3.17.